The Kier molecular flexibility index (Phi) is 3.24. The first-order valence-electron chi connectivity index (χ1n) is 5.56. The molecule has 0 amide bonds. The maximum Gasteiger partial charge on any atom is 0.196 e. The number of benzene rings is 2. The van der Waals surface area contributed by atoms with Crippen LogP contribution in [-0.4, -0.2) is 5.78 Å². The number of ketones is 1. The van der Waals surface area contributed by atoms with Crippen LogP contribution in [0.5, 0.6) is 0 Å². The Morgan fingerprint density at radius 3 is 2.22 bits per heavy atom. The molecule has 2 aromatic carbocycles. The maximum absolute atomic E-state index is 13.6. The summed E-state index contributed by atoms with van der Waals surface area (Å²) in [5.74, 6) is -1.81. The average Bonchev–Trinajstić information content (AvgIpc) is 2.32. The number of rotatable bonds is 2. The van der Waals surface area contributed by atoms with Gasteiger partial charge in [0.2, 0.25) is 0 Å². The van der Waals surface area contributed by atoms with Crippen molar-refractivity contribution < 1.29 is 13.6 Å². The maximum atomic E-state index is 13.6. The first-order valence-corrected chi connectivity index (χ1v) is 5.56. The number of carbonyl (C=O) groups excluding carboxylic acids is 1. The Hall–Kier alpha value is -2.03. The van der Waals surface area contributed by atoms with Gasteiger partial charge in [0.25, 0.3) is 0 Å². The van der Waals surface area contributed by atoms with Gasteiger partial charge in [0.15, 0.2) is 5.78 Å². The molecule has 0 spiro atoms. The van der Waals surface area contributed by atoms with E-state index in [9.17, 15) is 13.6 Å². The van der Waals surface area contributed by atoms with Crippen LogP contribution in [0.1, 0.15) is 27.0 Å². The number of halogens is 2. The zero-order chi connectivity index (χ0) is 13.3. The molecule has 18 heavy (non-hydrogen) atoms. The molecule has 0 bridgehead atoms. The third kappa shape index (κ3) is 2.16. The van der Waals surface area contributed by atoms with Crippen molar-refractivity contribution in [2.24, 2.45) is 0 Å². The van der Waals surface area contributed by atoms with Crippen LogP contribution >= 0.6 is 0 Å². The molecule has 1 nitrogen and oxygen atoms in total. The fraction of sp³-hybridized carbons (Fsp3) is 0.133. The van der Waals surface area contributed by atoms with Gasteiger partial charge >= 0.3 is 0 Å². The van der Waals surface area contributed by atoms with Crippen molar-refractivity contribution in [1.82, 2.24) is 0 Å². The molecule has 0 radical (unpaired) electrons. The van der Waals surface area contributed by atoms with Crippen molar-refractivity contribution in [1.29, 1.82) is 0 Å². The van der Waals surface area contributed by atoms with Crippen LogP contribution < -0.4 is 0 Å². The minimum absolute atomic E-state index is 0.229. The molecule has 0 atom stereocenters. The summed E-state index contributed by atoms with van der Waals surface area (Å²) in [6, 6.07) is 8.27. The molecule has 0 fully saturated rings. The summed E-state index contributed by atoms with van der Waals surface area (Å²) >= 11 is 0. The summed E-state index contributed by atoms with van der Waals surface area (Å²) in [7, 11) is 0. The zero-order valence-corrected chi connectivity index (χ0v) is 10.1. The van der Waals surface area contributed by atoms with Crippen molar-refractivity contribution in [2.75, 3.05) is 0 Å². The SMILES string of the molecule is Cc1cccc(C)c1C(=O)c1cc(F)ccc1F. The summed E-state index contributed by atoms with van der Waals surface area (Å²) in [5, 5.41) is 0. The molecule has 0 aromatic heterocycles. The first-order chi connectivity index (χ1) is 8.50. The Labute approximate surface area is 104 Å². The number of hydrogen-bond donors (Lipinski definition) is 0. The van der Waals surface area contributed by atoms with E-state index in [-0.39, 0.29) is 5.56 Å². The summed E-state index contributed by atoms with van der Waals surface area (Å²) in [5.41, 5.74) is 1.71. The molecule has 0 aliphatic rings. The lowest BCUT2D eigenvalue weighted by Gasteiger charge is -2.09. The number of hydrogen-bond acceptors (Lipinski definition) is 1. The lowest BCUT2D eigenvalue weighted by molar-refractivity contribution is 0.103. The largest absolute Gasteiger partial charge is 0.288 e. The van der Waals surface area contributed by atoms with Crippen molar-refractivity contribution >= 4 is 5.78 Å². The minimum atomic E-state index is -0.705. The molecule has 0 saturated heterocycles. The highest BCUT2D eigenvalue weighted by Crippen LogP contribution is 2.20. The van der Waals surface area contributed by atoms with E-state index in [1.165, 1.54) is 0 Å². The number of aryl methyl sites for hydroxylation is 2. The first kappa shape index (κ1) is 12.4. The van der Waals surface area contributed by atoms with Gasteiger partial charge in [-0.3, -0.25) is 4.79 Å². The topological polar surface area (TPSA) is 17.1 Å². The van der Waals surface area contributed by atoms with E-state index in [1.807, 2.05) is 6.07 Å². The van der Waals surface area contributed by atoms with Crippen LogP contribution in [-0.2, 0) is 0 Å². The molecule has 0 aliphatic heterocycles. The molecule has 0 aliphatic carbocycles. The lowest BCUT2D eigenvalue weighted by atomic mass is 9.94. The van der Waals surface area contributed by atoms with Gasteiger partial charge in [-0.15, -0.1) is 0 Å². The van der Waals surface area contributed by atoms with E-state index in [4.69, 9.17) is 0 Å². The Balaban J connectivity index is 2.58. The summed E-state index contributed by atoms with van der Waals surface area (Å²) < 4.78 is 26.7. The molecule has 0 unspecified atom stereocenters. The van der Waals surface area contributed by atoms with Crippen LogP contribution in [0.4, 0.5) is 8.78 Å². The van der Waals surface area contributed by atoms with Gasteiger partial charge < -0.3 is 0 Å². The summed E-state index contributed by atoms with van der Waals surface area (Å²) in [4.78, 5) is 12.3. The second kappa shape index (κ2) is 4.69. The standard InChI is InChI=1S/C15H12F2O/c1-9-4-3-5-10(2)14(9)15(18)12-8-11(16)6-7-13(12)17/h3-8H,1-2H3. The lowest BCUT2D eigenvalue weighted by Crippen LogP contribution is -2.08. The third-order valence-corrected chi connectivity index (χ3v) is 2.88. The minimum Gasteiger partial charge on any atom is -0.288 e. The van der Waals surface area contributed by atoms with E-state index in [0.717, 1.165) is 29.3 Å². The van der Waals surface area contributed by atoms with Gasteiger partial charge in [-0.1, -0.05) is 18.2 Å². The second-order valence-electron chi connectivity index (χ2n) is 4.22. The van der Waals surface area contributed by atoms with Crippen molar-refractivity contribution in [2.45, 2.75) is 13.8 Å². The van der Waals surface area contributed by atoms with Crippen LogP contribution in [0.15, 0.2) is 36.4 Å². The molecule has 2 aromatic rings. The average molecular weight is 246 g/mol. The van der Waals surface area contributed by atoms with Gasteiger partial charge in [0.05, 0.1) is 5.56 Å². The van der Waals surface area contributed by atoms with Crippen LogP contribution in [0, 0.1) is 25.5 Å². The van der Waals surface area contributed by atoms with Gasteiger partial charge in [0.1, 0.15) is 11.6 Å². The number of carbonyl (C=O) groups is 1. The monoisotopic (exact) mass is 246 g/mol. The molecule has 2 rings (SSSR count). The van der Waals surface area contributed by atoms with E-state index in [2.05, 4.69) is 0 Å². The molecule has 0 N–H and O–H groups in total. The van der Waals surface area contributed by atoms with Crippen molar-refractivity contribution in [3.63, 3.8) is 0 Å². The molecular weight excluding hydrogens is 234 g/mol. The van der Waals surface area contributed by atoms with E-state index in [1.54, 1.807) is 26.0 Å². The highest BCUT2D eigenvalue weighted by molar-refractivity contribution is 6.10. The van der Waals surface area contributed by atoms with Crippen LogP contribution in [0.2, 0.25) is 0 Å². The van der Waals surface area contributed by atoms with Gasteiger partial charge in [0, 0.05) is 5.56 Å². The Morgan fingerprint density at radius 1 is 1.00 bits per heavy atom. The van der Waals surface area contributed by atoms with Crippen LogP contribution in [0.25, 0.3) is 0 Å². The van der Waals surface area contributed by atoms with E-state index >= 15 is 0 Å². The van der Waals surface area contributed by atoms with Gasteiger partial charge in [-0.2, -0.15) is 0 Å². The normalized spacial score (nSPS) is 10.4. The molecule has 92 valence electrons. The van der Waals surface area contributed by atoms with Gasteiger partial charge in [-0.05, 0) is 43.2 Å². The second-order valence-corrected chi connectivity index (χ2v) is 4.22. The smallest absolute Gasteiger partial charge is 0.196 e. The fourth-order valence-electron chi connectivity index (χ4n) is 1.98. The highest BCUT2D eigenvalue weighted by atomic mass is 19.1. The molecular formula is C15H12F2O. The predicted molar refractivity (Wildman–Crippen MR) is 65.7 cm³/mol. The summed E-state index contributed by atoms with van der Waals surface area (Å²) in [6.45, 7) is 3.55. The van der Waals surface area contributed by atoms with Crippen molar-refractivity contribution in [3.8, 4) is 0 Å². The molecule has 3 heteroatoms. The third-order valence-electron chi connectivity index (χ3n) is 2.88. The van der Waals surface area contributed by atoms with Crippen molar-refractivity contribution in [3.05, 3.63) is 70.3 Å². The van der Waals surface area contributed by atoms with E-state index < -0.39 is 17.4 Å². The van der Waals surface area contributed by atoms with E-state index in [0.29, 0.717) is 5.56 Å². The zero-order valence-electron chi connectivity index (χ0n) is 10.1. The molecule has 0 heterocycles. The quantitative estimate of drug-likeness (QED) is 0.736. The Bertz CT molecular complexity index is 598. The highest BCUT2D eigenvalue weighted by Gasteiger charge is 2.18. The predicted octanol–water partition coefficient (Wildman–Crippen LogP) is 3.81. The van der Waals surface area contributed by atoms with Gasteiger partial charge in [-0.25, -0.2) is 8.78 Å². The Morgan fingerprint density at radius 2 is 1.61 bits per heavy atom. The molecule has 0 saturated carbocycles. The fourth-order valence-corrected chi connectivity index (χ4v) is 1.98. The van der Waals surface area contributed by atoms with Crippen LogP contribution in [0.3, 0.4) is 0 Å². The summed E-state index contributed by atoms with van der Waals surface area (Å²) in [6.07, 6.45) is 0.